The Balaban J connectivity index is 0.00000392. The van der Waals surface area contributed by atoms with Gasteiger partial charge in [0.1, 0.15) is 5.82 Å². The Morgan fingerprint density at radius 2 is 1.71 bits per heavy atom. The molecule has 0 aliphatic rings. The number of hydrogen-bond acceptors (Lipinski definition) is 3. The highest BCUT2D eigenvalue weighted by Crippen LogP contribution is 2.29. The molecule has 28 heavy (non-hydrogen) atoms. The number of nitrogens with zero attached hydrogens (tertiary/aromatic N) is 4. The van der Waals surface area contributed by atoms with E-state index in [4.69, 9.17) is 0 Å². The lowest BCUT2D eigenvalue weighted by Gasteiger charge is -2.22. The van der Waals surface area contributed by atoms with E-state index in [1.807, 2.05) is 43.1 Å². The summed E-state index contributed by atoms with van der Waals surface area (Å²) < 4.78 is 38.0. The van der Waals surface area contributed by atoms with Gasteiger partial charge in [0.15, 0.2) is 5.96 Å². The molecule has 0 aliphatic carbocycles. The quantitative estimate of drug-likeness (QED) is 0.378. The number of aromatic nitrogens is 1. The van der Waals surface area contributed by atoms with E-state index in [0.29, 0.717) is 19.0 Å². The summed E-state index contributed by atoms with van der Waals surface area (Å²) in [6.07, 6.45) is -2.57. The zero-order chi connectivity index (χ0) is 20.0. The van der Waals surface area contributed by atoms with Crippen LogP contribution < -0.4 is 10.2 Å². The molecule has 1 aromatic heterocycles. The fourth-order valence-corrected chi connectivity index (χ4v) is 2.53. The van der Waals surface area contributed by atoms with Crippen molar-refractivity contribution in [2.24, 2.45) is 4.99 Å². The van der Waals surface area contributed by atoms with Crippen molar-refractivity contribution < 1.29 is 13.2 Å². The van der Waals surface area contributed by atoms with Gasteiger partial charge in [0, 0.05) is 47.5 Å². The van der Waals surface area contributed by atoms with Crippen LogP contribution in [0.1, 0.15) is 16.7 Å². The molecule has 1 N–H and O–H groups in total. The minimum absolute atomic E-state index is 0. The van der Waals surface area contributed by atoms with E-state index in [2.05, 4.69) is 15.3 Å². The summed E-state index contributed by atoms with van der Waals surface area (Å²) in [7, 11) is 7.36. The topological polar surface area (TPSA) is 43.8 Å². The van der Waals surface area contributed by atoms with E-state index in [1.165, 1.54) is 12.1 Å². The summed E-state index contributed by atoms with van der Waals surface area (Å²) in [4.78, 5) is 12.3. The summed E-state index contributed by atoms with van der Waals surface area (Å²) >= 11 is 0. The van der Waals surface area contributed by atoms with Crippen LogP contribution in [-0.4, -0.2) is 44.0 Å². The Labute approximate surface area is 180 Å². The van der Waals surface area contributed by atoms with Crippen LogP contribution in [0, 0.1) is 0 Å². The van der Waals surface area contributed by atoms with Crippen molar-refractivity contribution in [2.45, 2.75) is 19.3 Å². The van der Waals surface area contributed by atoms with Gasteiger partial charge in [-0.15, -0.1) is 24.0 Å². The van der Waals surface area contributed by atoms with Gasteiger partial charge in [0.2, 0.25) is 0 Å². The first kappa shape index (κ1) is 24.0. The van der Waals surface area contributed by atoms with E-state index < -0.39 is 11.7 Å². The maximum Gasteiger partial charge on any atom is 0.416 e. The van der Waals surface area contributed by atoms with Crippen molar-refractivity contribution in [3.8, 4) is 0 Å². The lowest BCUT2D eigenvalue weighted by Crippen LogP contribution is -2.38. The van der Waals surface area contributed by atoms with E-state index in [1.54, 1.807) is 13.2 Å². The lowest BCUT2D eigenvalue weighted by atomic mass is 10.1. The number of aliphatic imine (C=N–C) groups is 1. The third-order valence-corrected chi connectivity index (χ3v) is 3.99. The summed E-state index contributed by atoms with van der Waals surface area (Å²) in [5, 5.41) is 3.26. The minimum Gasteiger partial charge on any atom is -0.363 e. The van der Waals surface area contributed by atoms with Crippen LogP contribution in [0.25, 0.3) is 0 Å². The molecule has 0 bridgehead atoms. The molecule has 0 spiro atoms. The van der Waals surface area contributed by atoms with Crippen molar-refractivity contribution in [2.75, 3.05) is 33.1 Å². The molecule has 0 amide bonds. The summed E-state index contributed by atoms with van der Waals surface area (Å²) in [6.45, 7) is 1.00. The van der Waals surface area contributed by atoms with Crippen LogP contribution in [0.3, 0.4) is 0 Å². The molecule has 5 nitrogen and oxygen atoms in total. The number of alkyl halides is 3. The zero-order valence-corrected chi connectivity index (χ0v) is 18.6. The molecule has 0 fully saturated rings. The molecule has 1 heterocycles. The van der Waals surface area contributed by atoms with Crippen molar-refractivity contribution in [1.29, 1.82) is 0 Å². The molecule has 9 heteroatoms. The van der Waals surface area contributed by atoms with Crippen molar-refractivity contribution in [1.82, 2.24) is 15.2 Å². The number of guanidine groups is 1. The smallest absolute Gasteiger partial charge is 0.363 e. The molecule has 154 valence electrons. The first-order valence-electron chi connectivity index (χ1n) is 8.41. The molecule has 2 aromatic rings. The summed E-state index contributed by atoms with van der Waals surface area (Å²) in [5.41, 5.74) is 1.18. The second-order valence-corrected chi connectivity index (χ2v) is 6.37. The standard InChI is InChI=1S/C19H24F3N5.HI/c1-23-18(25-12-15-9-10-24-17(11-15)26(2)3)27(4)13-14-5-7-16(8-6-14)19(20,21)22;/h5-11H,12-13H2,1-4H3,(H,23,25);1H. The molecule has 0 unspecified atom stereocenters. The number of anilines is 1. The molecule has 0 saturated carbocycles. The molecular weight excluding hydrogens is 482 g/mol. The van der Waals surface area contributed by atoms with Crippen molar-refractivity contribution in [3.05, 3.63) is 59.3 Å². The number of benzene rings is 1. The van der Waals surface area contributed by atoms with E-state index in [9.17, 15) is 13.2 Å². The highest BCUT2D eigenvalue weighted by atomic mass is 127. The molecule has 0 aliphatic heterocycles. The fraction of sp³-hybridized carbons (Fsp3) is 0.368. The summed E-state index contributed by atoms with van der Waals surface area (Å²) in [6, 6.07) is 9.06. The second kappa shape index (κ2) is 10.5. The van der Waals surface area contributed by atoms with Crippen LogP contribution in [0.15, 0.2) is 47.6 Å². The summed E-state index contributed by atoms with van der Waals surface area (Å²) in [5.74, 6) is 1.51. The van der Waals surface area contributed by atoms with Crippen LogP contribution >= 0.6 is 24.0 Å². The normalized spacial score (nSPS) is 11.6. The Bertz CT molecular complexity index is 776. The SMILES string of the molecule is CN=C(NCc1ccnc(N(C)C)c1)N(C)Cc1ccc(C(F)(F)F)cc1.I. The Morgan fingerprint density at radius 1 is 1.07 bits per heavy atom. The average Bonchev–Trinajstić information content (AvgIpc) is 2.62. The van der Waals surface area contributed by atoms with Gasteiger partial charge in [-0.1, -0.05) is 12.1 Å². The van der Waals surface area contributed by atoms with Gasteiger partial charge in [-0.05, 0) is 35.4 Å². The Hall–Kier alpha value is -2.04. The highest BCUT2D eigenvalue weighted by Gasteiger charge is 2.29. The molecule has 1 aromatic carbocycles. The number of rotatable bonds is 5. The molecule has 0 saturated heterocycles. The van der Waals surface area contributed by atoms with Crippen LogP contribution in [0.2, 0.25) is 0 Å². The predicted octanol–water partition coefficient (Wildman–Crippen LogP) is 3.99. The first-order chi connectivity index (χ1) is 12.7. The van der Waals surface area contributed by atoms with Crippen LogP contribution in [0.5, 0.6) is 0 Å². The minimum atomic E-state index is -4.32. The van der Waals surface area contributed by atoms with Gasteiger partial charge in [0.25, 0.3) is 0 Å². The molecular formula is C19H25F3IN5. The maximum absolute atomic E-state index is 12.7. The van der Waals surface area contributed by atoms with Gasteiger partial charge in [-0.2, -0.15) is 13.2 Å². The lowest BCUT2D eigenvalue weighted by molar-refractivity contribution is -0.137. The average molecular weight is 507 g/mol. The number of hydrogen-bond donors (Lipinski definition) is 1. The first-order valence-corrected chi connectivity index (χ1v) is 8.41. The van der Waals surface area contributed by atoms with E-state index >= 15 is 0 Å². The molecule has 0 atom stereocenters. The van der Waals surface area contributed by atoms with Crippen LogP contribution in [0.4, 0.5) is 19.0 Å². The Kier molecular flexibility index (Phi) is 8.99. The van der Waals surface area contributed by atoms with Crippen molar-refractivity contribution >= 4 is 35.8 Å². The van der Waals surface area contributed by atoms with Gasteiger partial charge in [0.05, 0.1) is 5.56 Å². The van der Waals surface area contributed by atoms with Gasteiger partial charge < -0.3 is 15.1 Å². The van der Waals surface area contributed by atoms with E-state index in [0.717, 1.165) is 29.1 Å². The largest absolute Gasteiger partial charge is 0.416 e. The van der Waals surface area contributed by atoms with Crippen molar-refractivity contribution in [3.63, 3.8) is 0 Å². The number of nitrogens with one attached hydrogen (secondary N) is 1. The van der Waals surface area contributed by atoms with Gasteiger partial charge in [-0.25, -0.2) is 4.98 Å². The molecule has 2 rings (SSSR count). The molecule has 0 radical (unpaired) electrons. The highest BCUT2D eigenvalue weighted by molar-refractivity contribution is 14.0. The van der Waals surface area contributed by atoms with Crippen LogP contribution in [-0.2, 0) is 19.3 Å². The number of halogens is 4. The van der Waals surface area contributed by atoms with Gasteiger partial charge in [-0.3, -0.25) is 4.99 Å². The number of pyridine rings is 1. The fourth-order valence-electron chi connectivity index (χ4n) is 2.53. The monoisotopic (exact) mass is 507 g/mol. The third kappa shape index (κ3) is 6.84. The van der Waals surface area contributed by atoms with Gasteiger partial charge >= 0.3 is 6.18 Å². The maximum atomic E-state index is 12.7. The zero-order valence-electron chi connectivity index (χ0n) is 16.3. The third-order valence-electron chi connectivity index (χ3n) is 3.99. The second-order valence-electron chi connectivity index (χ2n) is 6.37. The Morgan fingerprint density at radius 3 is 2.25 bits per heavy atom. The predicted molar refractivity (Wildman–Crippen MR) is 117 cm³/mol. The van der Waals surface area contributed by atoms with E-state index in [-0.39, 0.29) is 24.0 Å².